The van der Waals surface area contributed by atoms with E-state index in [1.165, 1.54) is 11.8 Å². The quantitative estimate of drug-likeness (QED) is 0.0949. The molecule has 2 aromatic carbocycles. The smallest absolute Gasteiger partial charge is 0.490 e. The monoisotopic (exact) mass is 744 g/mol. The van der Waals surface area contributed by atoms with Crippen LogP contribution in [0, 0.1) is 22.7 Å². The molecule has 0 amide bonds. The summed E-state index contributed by atoms with van der Waals surface area (Å²) in [6.45, 7) is 3.39. The van der Waals surface area contributed by atoms with Crippen molar-refractivity contribution in [3.8, 4) is 39.6 Å². The number of thioether (sulfide) groups is 1. The van der Waals surface area contributed by atoms with Gasteiger partial charge < -0.3 is 25.2 Å². The molecule has 260 valence electrons. The second-order valence-electron chi connectivity index (χ2n) is 10.5. The van der Waals surface area contributed by atoms with Crippen molar-refractivity contribution in [1.29, 1.82) is 10.5 Å². The van der Waals surface area contributed by atoms with Crippen LogP contribution in [0.2, 0.25) is 5.02 Å². The van der Waals surface area contributed by atoms with Crippen molar-refractivity contribution in [2.75, 3.05) is 31.2 Å². The lowest BCUT2D eigenvalue weighted by molar-refractivity contribution is -0.192. The number of ether oxygens (including phenoxy) is 2. The number of halogens is 4. The molecule has 1 saturated heterocycles. The Morgan fingerprint density at radius 3 is 2.22 bits per heavy atom. The largest absolute Gasteiger partial charge is 0.490 e. The molecule has 3 N–H and O–H groups in total. The topological polar surface area (TPSA) is 175 Å². The van der Waals surface area contributed by atoms with E-state index in [9.17, 15) is 28.5 Å². The summed E-state index contributed by atoms with van der Waals surface area (Å²) in [5.74, 6) is -1.59. The number of carbonyl (C=O) groups is 2. The lowest BCUT2D eigenvalue weighted by Crippen LogP contribution is -2.38. The molecule has 11 nitrogen and oxygen atoms in total. The first kappa shape index (κ1) is 37.9. The summed E-state index contributed by atoms with van der Waals surface area (Å²) < 4.78 is 42.5. The van der Waals surface area contributed by atoms with Gasteiger partial charge >= 0.3 is 18.1 Å². The molecule has 0 aliphatic carbocycles. The average Bonchev–Trinajstić information content (AvgIpc) is 3.54. The predicted molar refractivity (Wildman–Crippen MR) is 182 cm³/mol. The van der Waals surface area contributed by atoms with Crippen molar-refractivity contribution >= 4 is 52.5 Å². The number of esters is 1. The zero-order valence-electron chi connectivity index (χ0n) is 26.2. The number of carboxylic acids is 1. The molecule has 1 aliphatic heterocycles. The minimum atomic E-state index is -5.08. The van der Waals surface area contributed by atoms with E-state index in [1.807, 2.05) is 41.8 Å². The zero-order valence-corrected chi connectivity index (χ0v) is 28.6. The van der Waals surface area contributed by atoms with Gasteiger partial charge in [-0.1, -0.05) is 47.6 Å². The number of rotatable bonds is 11. The number of anilines is 1. The molecule has 0 saturated carbocycles. The molecule has 50 heavy (non-hydrogen) atoms. The molecule has 0 unspecified atom stereocenters. The highest BCUT2D eigenvalue weighted by molar-refractivity contribution is 7.98. The van der Waals surface area contributed by atoms with Crippen molar-refractivity contribution < 1.29 is 37.3 Å². The zero-order chi connectivity index (χ0) is 36.4. The number of pyridine rings is 1. The summed E-state index contributed by atoms with van der Waals surface area (Å²) in [5, 5.41) is 31.8. The highest BCUT2D eigenvalue weighted by atomic mass is 35.5. The third-order valence-electron chi connectivity index (χ3n) is 6.88. The molecular formula is C33H28ClF3N6O5S2. The fourth-order valence-electron chi connectivity index (χ4n) is 4.30. The summed E-state index contributed by atoms with van der Waals surface area (Å²) >= 11 is 9.00. The van der Waals surface area contributed by atoms with Crippen LogP contribution in [0.4, 0.5) is 19.0 Å². The Bertz CT molecular complexity index is 1910. The first-order valence-electron chi connectivity index (χ1n) is 14.7. The van der Waals surface area contributed by atoms with Crippen LogP contribution in [-0.4, -0.2) is 65.5 Å². The van der Waals surface area contributed by atoms with Crippen LogP contribution in [0.25, 0.3) is 21.7 Å². The third-order valence-corrected chi connectivity index (χ3v) is 9.08. The Labute approximate surface area is 298 Å². The number of nitriles is 2. The van der Waals surface area contributed by atoms with Crippen molar-refractivity contribution in [2.45, 2.75) is 36.3 Å². The van der Waals surface area contributed by atoms with E-state index in [1.54, 1.807) is 30.4 Å². The maximum Gasteiger partial charge on any atom is 0.490 e. The van der Waals surface area contributed by atoms with E-state index in [2.05, 4.69) is 17.0 Å². The highest BCUT2D eigenvalue weighted by Gasteiger charge is 2.38. The number of thiazole rings is 1. The van der Waals surface area contributed by atoms with Gasteiger partial charge in [0.1, 0.15) is 58.6 Å². The van der Waals surface area contributed by atoms with Gasteiger partial charge in [-0.2, -0.15) is 23.7 Å². The van der Waals surface area contributed by atoms with Crippen molar-refractivity contribution in [3.05, 3.63) is 75.8 Å². The number of carbonyl (C=O) groups excluding carboxylic acids is 1. The number of aliphatic carboxylic acids is 1. The van der Waals surface area contributed by atoms with Crippen LogP contribution in [0.5, 0.6) is 5.75 Å². The number of nitrogens with two attached hydrogens (primary N) is 1. The standard InChI is InChI=1S/C31H27ClN6O3S2.C2HF3O2/c1-19(35)31(39)41-14-13-40-24-9-5-20(6-10-24)27-25(15-33)28(38-11-2-12-38)37-30(26(27)16-34)43-18-23-17-42-29(36-23)21-3-7-22(32)8-4-21;3-2(4,5)1(6)7/h3-10,17,19H,2,11-14,18,35H2,1H3;(H,6,7)/t19-;/m0./s1. The lowest BCUT2D eigenvalue weighted by atomic mass is 9.96. The second kappa shape index (κ2) is 17.2. The summed E-state index contributed by atoms with van der Waals surface area (Å²) in [6, 6.07) is 18.6. The molecule has 2 aromatic heterocycles. The van der Waals surface area contributed by atoms with E-state index in [0.717, 1.165) is 35.8 Å². The number of benzene rings is 2. The lowest BCUT2D eigenvalue weighted by Gasteiger charge is -2.33. The van der Waals surface area contributed by atoms with Gasteiger partial charge in [-0.15, -0.1) is 11.3 Å². The van der Waals surface area contributed by atoms with E-state index in [0.29, 0.717) is 49.6 Å². The number of hydrogen-bond acceptors (Lipinski definition) is 12. The Morgan fingerprint density at radius 1 is 1.06 bits per heavy atom. The molecule has 17 heteroatoms. The molecule has 1 fully saturated rings. The van der Waals surface area contributed by atoms with Gasteiger partial charge in [0.25, 0.3) is 0 Å². The molecule has 3 heterocycles. The molecular weight excluding hydrogens is 717 g/mol. The highest BCUT2D eigenvalue weighted by Crippen LogP contribution is 2.40. The number of hydrogen-bond donors (Lipinski definition) is 2. The Morgan fingerprint density at radius 2 is 1.68 bits per heavy atom. The van der Waals surface area contributed by atoms with E-state index >= 15 is 0 Å². The fraction of sp³-hybridized carbons (Fsp3) is 0.273. The molecule has 5 rings (SSSR count). The van der Waals surface area contributed by atoms with Crippen LogP contribution in [-0.2, 0) is 20.1 Å². The third kappa shape index (κ3) is 9.86. The van der Waals surface area contributed by atoms with Gasteiger partial charge in [0.05, 0.1) is 11.3 Å². The van der Waals surface area contributed by atoms with Gasteiger partial charge in [-0.3, -0.25) is 4.79 Å². The minimum Gasteiger partial charge on any atom is -0.490 e. The van der Waals surface area contributed by atoms with E-state index < -0.39 is 24.2 Å². The van der Waals surface area contributed by atoms with Gasteiger partial charge in [-0.05, 0) is 43.2 Å². The van der Waals surface area contributed by atoms with E-state index in [-0.39, 0.29) is 13.2 Å². The van der Waals surface area contributed by atoms with Crippen molar-refractivity contribution in [3.63, 3.8) is 0 Å². The number of alkyl halides is 3. The minimum absolute atomic E-state index is 0.0730. The normalized spacial score (nSPS) is 12.8. The van der Waals surface area contributed by atoms with Crippen LogP contribution in [0.3, 0.4) is 0 Å². The SMILES string of the molecule is C[C@H](N)C(=O)OCCOc1ccc(-c2c(C#N)c(SCc3csc(-c4ccc(Cl)cc4)n3)nc(N3CCC3)c2C#N)cc1.O=C(O)C(F)(F)F. The first-order valence-corrected chi connectivity index (χ1v) is 17.0. The van der Waals surface area contributed by atoms with Crippen LogP contribution in [0.15, 0.2) is 58.9 Å². The maximum atomic E-state index is 11.5. The van der Waals surface area contributed by atoms with Crippen molar-refractivity contribution in [1.82, 2.24) is 9.97 Å². The number of nitrogens with zero attached hydrogens (tertiary/aromatic N) is 5. The summed E-state index contributed by atoms with van der Waals surface area (Å²) in [4.78, 5) is 32.1. The van der Waals surface area contributed by atoms with Gasteiger partial charge in [-0.25, -0.2) is 14.8 Å². The van der Waals surface area contributed by atoms with Gasteiger partial charge in [0, 0.05) is 40.4 Å². The number of aromatic nitrogens is 2. The van der Waals surface area contributed by atoms with Crippen LogP contribution >= 0.6 is 34.7 Å². The fourth-order valence-corrected chi connectivity index (χ4v) is 6.24. The Balaban J connectivity index is 0.000000727. The van der Waals surface area contributed by atoms with Gasteiger partial charge in [0.15, 0.2) is 0 Å². The first-order chi connectivity index (χ1) is 23.8. The molecule has 0 bridgehead atoms. The molecule has 0 radical (unpaired) electrons. The molecule has 4 aromatic rings. The average molecular weight is 745 g/mol. The van der Waals surface area contributed by atoms with Crippen LogP contribution in [0.1, 0.15) is 30.2 Å². The van der Waals surface area contributed by atoms with E-state index in [4.69, 9.17) is 46.7 Å². The van der Waals surface area contributed by atoms with Crippen molar-refractivity contribution in [2.24, 2.45) is 5.73 Å². The Kier molecular flexibility index (Phi) is 13.0. The molecule has 1 aliphatic rings. The van der Waals surface area contributed by atoms with Gasteiger partial charge in [0.2, 0.25) is 0 Å². The summed E-state index contributed by atoms with van der Waals surface area (Å²) in [5.41, 5.74) is 9.32. The molecule has 1 atom stereocenters. The summed E-state index contributed by atoms with van der Waals surface area (Å²) in [7, 11) is 0. The van der Waals surface area contributed by atoms with Crippen LogP contribution < -0.4 is 15.4 Å². The number of carboxylic acid groups (broad SMARTS) is 1. The Hall–Kier alpha value is -4.87. The summed E-state index contributed by atoms with van der Waals surface area (Å²) in [6.07, 6.45) is -4.07. The maximum absolute atomic E-state index is 11.5. The second-order valence-corrected chi connectivity index (χ2v) is 12.8. The molecule has 0 spiro atoms. The predicted octanol–water partition coefficient (Wildman–Crippen LogP) is 6.67.